The Hall–Kier alpha value is -1.09. The molecule has 98 valence electrons. The third kappa shape index (κ3) is 2.24. The minimum absolute atomic E-state index is 0.00298. The molecule has 0 aliphatic rings. The molecule has 4 heteroatoms. The molecule has 0 saturated carbocycles. The van der Waals surface area contributed by atoms with Crippen LogP contribution in [0.1, 0.15) is 52.9 Å². The lowest BCUT2D eigenvalue weighted by atomic mass is 9.89. The number of hydrogen-bond donors (Lipinski definition) is 1. The van der Waals surface area contributed by atoms with E-state index in [1.807, 2.05) is 6.07 Å². The maximum atomic E-state index is 6.36. The van der Waals surface area contributed by atoms with Crippen molar-refractivity contribution in [1.29, 1.82) is 0 Å². The Labute approximate surface area is 113 Å². The first-order chi connectivity index (χ1) is 8.10. The van der Waals surface area contributed by atoms with Gasteiger partial charge < -0.3 is 0 Å². The van der Waals surface area contributed by atoms with Crippen molar-refractivity contribution in [3.63, 3.8) is 0 Å². The number of hydrogen-bond acceptors (Lipinski definition) is 2. The van der Waals surface area contributed by atoms with Crippen LogP contribution < -0.4 is 0 Å². The summed E-state index contributed by atoms with van der Waals surface area (Å²) in [4.78, 5) is 4.61. The van der Waals surface area contributed by atoms with Crippen molar-refractivity contribution < 1.29 is 0 Å². The summed E-state index contributed by atoms with van der Waals surface area (Å²) in [5.41, 5.74) is 2.64. The minimum atomic E-state index is -0.0773. The zero-order chi connectivity index (χ0) is 13.7. The topological polar surface area (TPSA) is 41.6 Å². The molecule has 0 atom stereocenters. The van der Waals surface area contributed by atoms with Crippen molar-refractivity contribution in [1.82, 2.24) is 15.2 Å². The van der Waals surface area contributed by atoms with Gasteiger partial charge in [0, 0.05) is 16.2 Å². The number of rotatable bonds is 0. The number of pyridine rings is 1. The van der Waals surface area contributed by atoms with Crippen LogP contribution in [0.3, 0.4) is 0 Å². The highest BCUT2D eigenvalue weighted by Crippen LogP contribution is 2.33. The standard InChI is InChI=1S/C14H20ClN3/c1-13(2,3)10-8-7-9(15)11(14(4,5)6)16-12(8)18-17-10/h7H,1-6H3,(H,16,17,18). The van der Waals surface area contributed by atoms with E-state index < -0.39 is 0 Å². The van der Waals surface area contributed by atoms with Crippen LogP contribution in [-0.4, -0.2) is 15.2 Å². The lowest BCUT2D eigenvalue weighted by Crippen LogP contribution is -2.15. The van der Waals surface area contributed by atoms with Crippen LogP contribution in [-0.2, 0) is 10.8 Å². The van der Waals surface area contributed by atoms with Crippen LogP contribution in [0.2, 0.25) is 5.02 Å². The van der Waals surface area contributed by atoms with Gasteiger partial charge in [-0.25, -0.2) is 4.98 Å². The molecule has 2 rings (SSSR count). The Bertz CT molecular complexity index is 585. The van der Waals surface area contributed by atoms with Gasteiger partial charge in [0.1, 0.15) is 0 Å². The van der Waals surface area contributed by atoms with E-state index in [0.29, 0.717) is 5.02 Å². The highest BCUT2D eigenvalue weighted by Gasteiger charge is 2.24. The van der Waals surface area contributed by atoms with Gasteiger partial charge in [-0.3, -0.25) is 5.10 Å². The summed E-state index contributed by atoms with van der Waals surface area (Å²) in [6.07, 6.45) is 0. The fraction of sp³-hybridized carbons (Fsp3) is 0.571. The molecule has 0 unspecified atom stereocenters. The van der Waals surface area contributed by atoms with Gasteiger partial charge in [-0.15, -0.1) is 0 Å². The summed E-state index contributed by atoms with van der Waals surface area (Å²) in [6.45, 7) is 12.7. The Kier molecular flexibility index (Phi) is 2.93. The molecular weight excluding hydrogens is 246 g/mol. The second-order valence-corrected chi connectivity index (χ2v) is 7.20. The Morgan fingerprint density at radius 3 is 2.17 bits per heavy atom. The van der Waals surface area contributed by atoms with Crippen LogP contribution in [0, 0.1) is 0 Å². The van der Waals surface area contributed by atoms with Crippen LogP contribution in [0.5, 0.6) is 0 Å². The fourth-order valence-electron chi connectivity index (χ4n) is 2.02. The smallest absolute Gasteiger partial charge is 0.181 e. The average molecular weight is 266 g/mol. The number of fused-ring (bicyclic) bond motifs is 1. The van der Waals surface area contributed by atoms with Gasteiger partial charge in [0.15, 0.2) is 5.65 Å². The molecule has 2 heterocycles. The zero-order valence-electron chi connectivity index (χ0n) is 11.8. The van der Waals surface area contributed by atoms with Gasteiger partial charge in [0.2, 0.25) is 0 Å². The first-order valence-corrected chi connectivity index (χ1v) is 6.54. The summed E-state index contributed by atoms with van der Waals surface area (Å²) in [5.74, 6) is 0. The molecule has 0 aliphatic carbocycles. The highest BCUT2D eigenvalue weighted by atomic mass is 35.5. The Balaban J connectivity index is 2.71. The predicted molar refractivity (Wildman–Crippen MR) is 76.3 cm³/mol. The average Bonchev–Trinajstić information content (AvgIpc) is 2.56. The molecule has 3 nitrogen and oxygen atoms in total. The van der Waals surface area contributed by atoms with Crippen LogP contribution >= 0.6 is 11.6 Å². The number of nitrogens with one attached hydrogen (secondary N) is 1. The monoisotopic (exact) mass is 265 g/mol. The van der Waals surface area contributed by atoms with E-state index in [-0.39, 0.29) is 10.8 Å². The summed E-state index contributed by atoms with van der Waals surface area (Å²) in [7, 11) is 0. The molecule has 0 aliphatic heterocycles. The van der Waals surface area contributed by atoms with Crippen molar-refractivity contribution in [3.05, 3.63) is 22.5 Å². The minimum Gasteiger partial charge on any atom is -0.279 e. The van der Waals surface area contributed by atoms with E-state index >= 15 is 0 Å². The van der Waals surface area contributed by atoms with Gasteiger partial charge in [-0.2, -0.15) is 5.10 Å². The largest absolute Gasteiger partial charge is 0.279 e. The lowest BCUT2D eigenvalue weighted by Gasteiger charge is -2.20. The van der Waals surface area contributed by atoms with E-state index in [9.17, 15) is 0 Å². The van der Waals surface area contributed by atoms with Gasteiger partial charge in [0.05, 0.1) is 16.4 Å². The molecule has 1 N–H and O–H groups in total. The molecule has 2 aromatic rings. The molecule has 0 bridgehead atoms. The van der Waals surface area contributed by atoms with Gasteiger partial charge in [0.25, 0.3) is 0 Å². The summed E-state index contributed by atoms with van der Waals surface area (Å²) < 4.78 is 0. The van der Waals surface area contributed by atoms with Crippen LogP contribution in [0.4, 0.5) is 0 Å². The van der Waals surface area contributed by atoms with Crippen LogP contribution in [0.15, 0.2) is 6.07 Å². The Morgan fingerprint density at radius 2 is 1.67 bits per heavy atom. The number of nitrogens with zero attached hydrogens (tertiary/aromatic N) is 2. The summed E-state index contributed by atoms with van der Waals surface area (Å²) in [6, 6.07) is 1.98. The van der Waals surface area contributed by atoms with Crippen LogP contribution in [0.25, 0.3) is 11.0 Å². The molecule has 0 saturated heterocycles. The van der Waals surface area contributed by atoms with Gasteiger partial charge in [-0.05, 0) is 6.07 Å². The van der Waals surface area contributed by atoms with Gasteiger partial charge in [-0.1, -0.05) is 53.1 Å². The quantitative estimate of drug-likeness (QED) is 0.775. The molecule has 18 heavy (non-hydrogen) atoms. The SMILES string of the molecule is CC(C)(C)c1nc2n[nH]c(C(C)(C)C)c2cc1Cl. The van der Waals surface area contributed by atoms with Crippen molar-refractivity contribution in [2.75, 3.05) is 0 Å². The maximum absolute atomic E-state index is 6.36. The zero-order valence-corrected chi connectivity index (χ0v) is 12.6. The third-order valence-electron chi connectivity index (χ3n) is 2.96. The number of aromatic amines is 1. The summed E-state index contributed by atoms with van der Waals surface area (Å²) >= 11 is 6.36. The molecule has 0 radical (unpaired) electrons. The molecule has 2 aromatic heterocycles. The number of halogens is 1. The molecule has 0 spiro atoms. The Morgan fingerprint density at radius 1 is 1.06 bits per heavy atom. The van der Waals surface area contributed by atoms with E-state index in [2.05, 4.69) is 56.7 Å². The van der Waals surface area contributed by atoms with E-state index in [1.165, 1.54) is 0 Å². The first kappa shape index (κ1) is 13.3. The van der Waals surface area contributed by atoms with Gasteiger partial charge >= 0.3 is 0 Å². The number of aromatic nitrogens is 3. The van der Waals surface area contributed by atoms with Crippen molar-refractivity contribution in [3.8, 4) is 0 Å². The molecule has 0 aromatic carbocycles. The van der Waals surface area contributed by atoms with Crippen molar-refractivity contribution in [2.24, 2.45) is 0 Å². The normalized spacial score (nSPS) is 13.3. The molecular formula is C14H20ClN3. The second kappa shape index (κ2) is 3.95. The van der Waals surface area contributed by atoms with Crippen molar-refractivity contribution >= 4 is 22.6 Å². The van der Waals surface area contributed by atoms with E-state index in [1.54, 1.807) is 0 Å². The number of H-pyrrole nitrogens is 1. The second-order valence-electron chi connectivity index (χ2n) is 6.79. The van der Waals surface area contributed by atoms with Crippen molar-refractivity contribution in [2.45, 2.75) is 52.4 Å². The predicted octanol–water partition coefficient (Wildman–Crippen LogP) is 4.21. The fourth-order valence-corrected chi connectivity index (χ4v) is 2.45. The maximum Gasteiger partial charge on any atom is 0.181 e. The molecule has 0 amide bonds. The van der Waals surface area contributed by atoms with E-state index in [4.69, 9.17) is 11.6 Å². The van der Waals surface area contributed by atoms with E-state index in [0.717, 1.165) is 22.4 Å². The molecule has 0 fully saturated rings. The highest BCUT2D eigenvalue weighted by molar-refractivity contribution is 6.32. The summed E-state index contributed by atoms with van der Waals surface area (Å²) in [5, 5.41) is 9.12. The lowest BCUT2D eigenvalue weighted by molar-refractivity contribution is 0.571. The third-order valence-corrected chi connectivity index (χ3v) is 3.25. The first-order valence-electron chi connectivity index (χ1n) is 6.16.